The number of rotatable bonds is 4. The molecule has 1 aromatic rings. The van der Waals surface area contributed by atoms with Crippen molar-refractivity contribution in [2.24, 2.45) is 0 Å². The molecule has 2 N–H and O–H groups in total. The van der Waals surface area contributed by atoms with E-state index in [9.17, 15) is 19.4 Å². The lowest BCUT2D eigenvalue weighted by atomic mass is 10.0. The van der Waals surface area contributed by atoms with Crippen LogP contribution in [0.15, 0.2) is 18.2 Å². The quantitative estimate of drug-likeness (QED) is 0.842. The molecule has 1 aliphatic rings. The van der Waals surface area contributed by atoms with Crippen molar-refractivity contribution >= 4 is 5.91 Å². The van der Waals surface area contributed by atoms with Gasteiger partial charge in [0, 0.05) is 6.54 Å². The van der Waals surface area contributed by atoms with Crippen molar-refractivity contribution in [3.05, 3.63) is 29.6 Å². The number of carbonyl (C=O) groups excluding carboxylic acids is 1. The van der Waals surface area contributed by atoms with Gasteiger partial charge >= 0.3 is 0 Å². The van der Waals surface area contributed by atoms with Crippen molar-refractivity contribution in [1.82, 2.24) is 4.90 Å². The van der Waals surface area contributed by atoms with Gasteiger partial charge in [-0.3, -0.25) is 4.79 Å². The number of hydrogen-bond acceptors (Lipinski definition) is 5. The van der Waals surface area contributed by atoms with E-state index in [1.807, 2.05) is 0 Å². The summed E-state index contributed by atoms with van der Waals surface area (Å²) in [4.78, 5) is 14.0. The number of benzene rings is 1. The SMILES string of the molecule is CCN(C(=O)c1cc(F)ccc1OC)[C@@H]1COC[C@@H](O)[C@H]1O. The molecule has 0 aliphatic carbocycles. The molecule has 0 bridgehead atoms. The van der Waals surface area contributed by atoms with E-state index in [1.54, 1.807) is 6.92 Å². The van der Waals surface area contributed by atoms with Crippen LogP contribution < -0.4 is 4.74 Å². The number of hydrogen-bond donors (Lipinski definition) is 2. The first-order valence-electron chi connectivity index (χ1n) is 7.08. The smallest absolute Gasteiger partial charge is 0.258 e. The highest BCUT2D eigenvalue weighted by molar-refractivity contribution is 5.97. The molecule has 2 rings (SSSR count). The van der Waals surface area contributed by atoms with Crippen LogP contribution in [-0.4, -0.2) is 66.1 Å². The van der Waals surface area contributed by atoms with Crippen LogP contribution in [0.3, 0.4) is 0 Å². The Morgan fingerprint density at radius 1 is 1.45 bits per heavy atom. The van der Waals surface area contributed by atoms with Gasteiger partial charge in [-0.25, -0.2) is 4.39 Å². The van der Waals surface area contributed by atoms with Crippen molar-refractivity contribution in [1.29, 1.82) is 0 Å². The molecule has 6 nitrogen and oxygen atoms in total. The predicted molar refractivity (Wildman–Crippen MR) is 76.3 cm³/mol. The molecule has 0 unspecified atom stereocenters. The average Bonchev–Trinajstić information content (AvgIpc) is 2.52. The number of aliphatic hydroxyl groups excluding tert-OH is 2. The summed E-state index contributed by atoms with van der Waals surface area (Å²) in [5.41, 5.74) is 0.0663. The van der Waals surface area contributed by atoms with Crippen molar-refractivity contribution in [2.75, 3.05) is 26.9 Å². The Balaban J connectivity index is 2.31. The summed E-state index contributed by atoms with van der Waals surface area (Å²) in [7, 11) is 1.39. The minimum Gasteiger partial charge on any atom is -0.496 e. The molecular weight excluding hydrogens is 293 g/mol. The van der Waals surface area contributed by atoms with E-state index in [0.29, 0.717) is 0 Å². The zero-order valence-corrected chi connectivity index (χ0v) is 12.5. The minimum absolute atomic E-state index is 0.0205. The standard InChI is InChI=1S/C15H20FNO5/c1-3-17(11-7-22-8-12(18)14(11)19)15(20)10-6-9(16)4-5-13(10)21-2/h4-6,11-12,14,18-19H,3,7-8H2,1-2H3/t11-,12-,14+/m1/s1. The number of aliphatic hydroxyl groups is 2. The molecular formula is C15H20FNO5. The highest BCUT2D eigenvalue weighted by Gasteiger charge is 2.37. The second-order valence-corrected chi connectivity index (χ2v) is 5.10. The largest absolute Gasteiger partial charge is 0.496 e. The molecule has 1 aromatic carbocycles. The predicted octanol–water partition coefficient (Wildman–Crippen LogP) is 0.417. The van der Waals surface area contributed by atoms with Crippen LogP contribution in [0.25, 0.3) is 0 Å². The number of likely N-dealkylation sites (N-methyl/N-ethyl adjacent to an activating group) is 1. The fourth-order valence-electron chi connectivity index (χ4n) is 2.57. The number of halogens is 1. The van der Waals surface area contributed by atoms with E-state index in [2.05, 4.69) is 0 Å². The van der Waals surface area contributed by atoms with E-state index in [4.69, 9.17) is 9.47 Å². The van der Waals surface area contributed by atoms with Gasteiger partial charge in [-0.05, 0) is 25.1 Å². The number of nitrogens with zero attached hydrogens (tertiary/aromatic N) is 1. The van der Waals surface area contributed by atoms with Gasteiger partial charge in [-0.2, -0.15) is 0 Å². The van der Waals surface area contributed by atoms with Crippen LogP contribution in [-0.2, 0) is 4.74 Å². The number of carbonyl (C=O) groups is 1. The van der Waals surface area contributed by atoms with Gasteiger partial charge in [0.05, 0.1) is 31.9 Å². The van der Waals surface area contributed by atoms with Crippen LogP contribution >= 0.6 is 0 Å². The Morgan fingerprint density at radius 2 is 2.18 bits per heavy atom. The monoisotopic (exact) mass is 313 g/mol. The first-order valence-corrected chi connectivity index (χ1v) is 7.08. The maximum absolute atomic E-state index is 13.5. The zero-order valence-electron chi connectivity index (χ0n) is 12.5. The van der Waals surface area contributed by atoms with Gasteiger partial charge in [-0.15, -0.1) is 0 Å². The van der Waals surface area contributed by atoms with Gasteiger partial charge in [-0.1, -0.05) is 0 Å². The summed E-state index contributed by atoms with van der Waals surface area (Å²) >= 11 is 0. The van der Waals surface area contributed by atoms with Crippen LogP contribution in [0.5, 0.6) is 5.75 Å². The van der Waals surface area contributed by atoms with Crippen molar-refractivity contribution in [2.45, 2.75) is 25.2 Å². The van der Waals surface area contributed by atoms with Gasteiger partial charge in [0.25, 0.3) is 5.91 Å². The molecule has 122 valence electrons. The Hall–Kier alpha value is -1.70. The topological polar surface area (TPSA) is 79.2 Å². The van der Waals surface area contributed by atoms with Crippen molar-refractivity contribution in [3.8, 4) is 5.75 Å². The first-order chi connectivity index (χ1) is 10.5. The fraction of sp³-hybridized carbons (Fsp3) is 0.533. The number of methoxy groups -OCH3 is 1. The summed E-state index contributed by atoms with van der Waals surface area (Å²) in [5, 5.41) is 19.8. The molecule has 1 aliphatic heterocycles. The summed E-state index contributed by atoms with van der Waals surface area (Å²) in [5.74, 6) is -0.794. The molecule has 3 atom stereocenters. The summed E-state index contributed by atoms with van der Waals surface area (Å²) in [6.07, 6.45) is -2.17. The lowest BCUT2D eigenvalue weighted by molar-refractivity contribution is -0.125. The maximum atomic E-state index is 13.5. The highest BCUT2D eigenvalue weighted by atomic mass is 19.1. The molecule has 7 heteroatoms. The average molecular weight is 313 g/mol. The zero-order chi connectivity index (χ0) is 16.3. The van der Waals surface area contributed by atoms with Crippen molar-refractivity contribution in [3.63, 3.8) is 0 Å². The molecule has 0 spiro atoms. The molecule has 0 radical (unpaired) electrons. The van der Waals surface area contributed by atoms with Crippen LogP contribution in [0.1, 0.15) is 17.3 Å². The van der Waals surface area contributed by atoms with Crippen LogP contribution in [0.2, 0.25) is 0 Å². The van der Waals surface area contributed by atoms with E-state index in [-0.39, 0.29) is 31.1 Å². The number of ether oxygens (including phenoxy) is 2. The van der Waals surface area contributed by atoms with E-state index < -0.39 is 30.0 Å². The molecule has 1 fully saturated rings. The van der Waals surface area contributed by atoms with Crippen molar-refractivity contribution < 1.29 is 28.9 Å². The molecule has 22 heavy (non-hydrogen) atoms. The van der Waals surface area contributed by atoms with Gasteiger partial charge in [0.1, 0.15) is 23.8 Å². The third-order valence-electron chi connectivity index (χ3n) is 3.76. The lowest BCUT2D eigenvalue weighted by Gasteiger charge is -2.39. The maximum Gasteiger partial charge on any atom is 0.258 e. The second kappa shape index (κ2) is 7.04. The van der Waals surface area contributed by atoms with Gasteiger partial charge < -0.3 is 24.6 Å². The Labute approximate surface area is 128 Å². The molecule has 1 saturated heterocycles. The van der Waals surface area contributed by atoms with E-state index in [0.717, 1.165) is 6.07 Å². The summed E-state index contributed by atoms with van der Waals surface area (Å²) in [6.45, 7) is 2.13. The summed E-state index contributed by atoms with van der Waals surface area (Å²) in [6, 6.07) is 2.97. The normalized spacial score (nSPS) is 24.9. The van der Waals surface area contributed by atoms with Crippen LogP contribution in [0.4, 0.5) is 4.39 Å². The van der Waals surface area contributed by atoms with Gasteiger partial charge in [0.2, 0.25) is 0 Å². The van der Waals surface area contributed by atoms with E-state index in [1.165, 1.54) is 24.1 Å². The molecule has 1 heterocycles. The minimum atomic E-state index is -1.11. The Kier molecular flexibility index (Phi) is 5.33. The molecule has 0 saturated carbocycles. The Morgan fingerprint density at radius 3 is 2.82 bits per heavy atom. The third kappa shape index (κ3) is 3.21. The third-order valence-corrected chi connectivity index (χ3v) is 3.76. The fourth-order valence-corrected chi connectivity index (χ4v) is 2.57. The molecule has 1 amide bonds. The van der Waals surface area contributed by atoms with Crippen LogP contribution in [0, 0.1) is 5.82 Å². The lowest BCUT2D eigenvalue weighted by Crippen LogP contribution is -2.57. The first kappa shape index (κ1) is 16.7. The van der Waals surface area contributed by atoms with E-state index >= 15 is 0 Å². The molecule has 0 aromatic heterocycles. The highest BCUT2D eigenvalue weighted by Crippen LogP contribution is 2.24. The number of amides is 1. The summed E-state index contributed by atoms with van der Waals surface area (Å²) < 4.78 is 23.8. The van der Waals surface area contributed by atoms with Gasteiger partial charge in [0.15, 0.2) is 0 Å². The Bertz CT molecular complexity index is 539. The second-order valence-electron chi connectivity index (χ2n) is 5.10.